The van der Waals surface area contributed by atoms with Crippen molar-refractivity contribution < 1.29 is 82.3 Å². The Morgan fingerprint density at radius 2 is 0.731 bits per heavy atom. The van der Waals surface area contributed by atoms with Gasteiger partial charge in [-0.15, -0.1) is 0 Å². The fourth-order valence-electron chi connectivity index (χ4n) is 0.239. The molecule has 0 aliphatic rings. The molecule has 11 N–H and O–H groups in total. The molecule has 0 aliphatic carbocycles. The molecular weight excluding hydrogens is 437 g/mol. The van der Waals surface area contributed by atoms with Gasteiger partial charge in [-0.25, -0.2) is 13.7 Å². The summed E-state index contributed by atoms with van der Waals surface area (Å²) in [6.07, 6.45) is 0. The highest BCUT2D eigenvalue weighted by Crippen LogP contribution is 2.53. The largest absolute Gasteiger partial charge is 0.478 e. The second-order valence-electron chi connectivity index (χ2n) is 3.29. The molecule has 20 heteroatoms. The predicted octanol–water partition coefficient (Wildman–Crippen LogP) is -4.66. The molecule has 0 aromatic rings. The molecule has 26 heavy (non-hydrogen) atoms. The summed E-state index contributed by atoms with van der Waals surface area (Å²) < 4.78 is 31.1. The molecule has 0 aromatic carbocycles. The van der Waals surface area contributed by atoms with Gasteiger partial charge in [-0.2, -0.15) is 4.31 Å². The Balaban J connectivity index is -0.000000128. The Hall–Kier alpha value is -0.450. The lowest BCUT2D eigenvalue weighted by Crippen LogP contribution is -2.07. The van der Waals surface area contributed by atoms with Gasteiger partial charge in [-0.1, -0.05) is 0 Å². The highest BCUT2D eigenvalue weighted by atomic mass is 31.3. The normalized spacial score (nSPS) is 10.9. The van der Waals surface area contributed by atoms with Gasteiger partial charge in [0.1, 0.15) is 26.4 Å². The first-order valence-corrected chi connectivity index (χ1v) is 10.0. The Bertz CT molecular complexity index is 454. The van der Waals surface area contributed by atoms with Gasteiger partial charge >= 0.3 is 23.5 Å². The van der Waals surface area contributed by atoms with Gasteiger partial charge in [0.05, 0.1) is 0 Å². The molecular formula is C6H19O17P3. The van der Waals surface area contributed by atoms with Gasteiger partial charge in [0.15, 0.2) is 11.6 Å². The van der Waals surface area contributed by atoms with E-state index in [0.29, 0.717) is 0 Å². The summed E-state index contributed by atoms with van der Waals surface area (Å²) in [5.74, 6) is -1.09. The molecule has 17 nitrogen and oxygen atoms in total. The number of rotatable bonds is 6. The second kappa shape index (κ2) is 16.7. The average molecular weight is 456 g/mol. The van der Waals surface area contributed by atoms with Crippen LogP contribution in [-0.2, 0) is 27.6 Å². The molecule has 0 amide bonds. The van der Waals surface area contributed by atoms with Crippen LogP contribution in [-0.4, -0.2) is 92.7 Å². The first-order chi connectivity index (χ1) is 11.3. The molecule has 0 spiro atoms. The van der Waals surface area contributed by atoms with Crippen LogP contribution in [0.1, 0.15) is 0 Å². The first-order valence-electron chi connectivity index (χ1n) is 5.40. The monoisotopic (exact) mass is 456 g/mol. The van der Waals surface area contributed by atoms with Crippen molar-refractivity contribution in [2.45, 2.75) is 0 Å². The lowest BCUT2D eigenvalue weighted by atomic mass is 10.5. The summed E-state index contributed by atoms with van der Waals surface area (Å²) in [5.41, 5.74) is 0. The minimum atomic E-state index is -5.05. The van der Waals surface area contributed by atoms with E-state index in [1.807, 2.05) is 0 Å². The van der Waals surface area contributed by atoms with E-state index < -0.39 is 61.5 Å². The van der Waals surface area contributed by atoms with Crippen molar-refractivity contribution in [2.24, 2.45) is 0 Å². The number of aliphatic hydroxyl groups is 4. The molecule has 0 saturated heterocycles. The molecule has 0 aromatic heterocycles. The molecule has 0 fully saturated rings. The fourth-order valence-corrected chi connectivity index (χ4v) is 1.35. The van der Waals surface area contributed by atoms with Gasteiger partial charge < -0.3 is 54.7 Å². The van der Waals surface area contributed by atoms with Crippen LogP contribution in [0, 0.1) is 0 Å². The third-order valence-electron chi connectivity index (χ3n) is 0.918. The third kappa shape index (κ3) is 65.2. The second-order valence-corrected chi connectivity index (χ2v) is 6.93. The fraction of sp³-hybridized carbons (Fsp3) is 0.667. The lowest BCUT2D eigenvalue weighted by molar-refractivity contribution is -0.125. The number of hydrogen-bond acceptors (Lipinski definition) is 10. The third-order valence-corrected chi connectivity index (χ3v) is 2.62. The van der Waals surface area contributed by atoms with Crippen molar-refractivity contribution in [2.75, 3.05) is 26.4 Å². The van der Waals surface area contributed by atoms with Gasteiger partial charge in [0, 0.05) is 0 Å². The number of carbonyl (C=O) groups excluding carboxylic acids is 2. The van der Waals surface area contributed by atoms with Crippen molar-refractivity contribution in [3.63, 3.8) is 0 Å². The summed E-state index contributed by atoms with van der Waals surface area (Å²) in [7, 11) is -14.7. The highest BCUT2D eigenvalue weighted by molar-refractivity contribution is 7.60. The zero-order valence-corrected chi connectivity index (χ0v) is 15.2. The van der Waals surface area contributed by atoms with Gasteiger partial charge in [-0.3, -0.25) is 9.59 Å². The summed E-state index contributed by atoms with van der Waals surface area (Å²) in [5, 5.41) is 31.3. The van der Waals surface area contributed by atoms with Crippen molar-refractivity contribution in [3.8, 4) is 0 Å². The number of hydrogen-bond donors (Lipinski definition) is 11. The Morgan fingerprint density at radius 3 is 0.731 bits per heavy atom. The Morgan fingerprint density at radius 1 is 0.577 bits per heavy atom. The average Bonchev–Trinajstić information content (AvgIpc) is 2.41. The number of phosphoric acid groups is 3. The van der Waals surface area contributed by atoms with Crippen LogP contribution in [0.2, 0.25) is 0 Å². The SMILES string of the molecule is O=C(CO)CO.O=C(CO)CO.O=P(O)(O)O.O=P(O)(O)OP(=O)(O)O. The molecule has 0 heterocycles. The topological polar surface area (TPSA) is 317 Å². The molecule has 0 bridgehead atoms. The van der Waals surface area contributed by atoms with Crippen molar-refractivity contribution >= 4 is 35.0 Å². The van der Waals surface area contributed by atoms with E-state index in [-0.39, 0.29) is 0 Å². The zero-order chi connectivity index (χ0) is 22.2. The quantitative estimate of drug-likeness (QED) is 0.167. The van der Waals surface area contributed by atoms with E-state index in [0.717, 1.165) is 0 Å². The van der Waals surface area contributed by atoms with Crippen LogP contribution < -0.4 is 0 Å². The number of Topliss-reactive ketones (excluding diaryl/α,β-unsaturated/α-hetero) is 2. The minimum absolute atomic E-state index is 0.546. The van der Waals surface area contributed by atoms with Crippen LogP contribution >= 0.6 is 23.5 Å². The van der Waals surface area contributed by atoms with Crippen molar-refractivity contribution in [3.05, 3.63) is 0 Å². The predicted molar refractivity (Wildman–Crippen MR) is 77.8 cm³/mol. The summed E-state index contributed by atoms with van der Waals surface area (Å²) in [4.78, 5) is 71.9. The molecule has 0 atom stereocenters. The molecule has 0 unspecified atom stereocenters. The maximum Gasteiger partial charge on any atom is 0.478 e. The van der Waals surface area contributed by atoms with Gasteiger partial charge in [0.25, 0.3) is 0 Å². The standard InChI is InChI=1S/2C3H6O3.H4O7P2.H3O4P/c2*4-1-3(6)2-5;1-8(2,3)7-9(4,5)6;1-5(2,3)4/h2*4-5H,1-2H2;(H2,1,2,3)(H2,4,5,6);(H3,1,2,3,4). The van der Waals surface area contributed by atoms with Crippen LogP contribution in [0.25, 0.3) is 0 Å². The zero-order valence-electron chi connectivity index (χ0n) is 12.5. The molecule has 0 aliphatic heterocycles. The van der Waals surface area contributed by atoms with E-state index in [1.54, 1.807) is 0 Å². The van der Waals surface area contributed by atoms with E-state index in [2.05, 4.69) is 4.31 Å². The van der Waals surface area contributed by atoms with Gasteiger partial charge in [-0.05, 0) is 0 Å². The van der Waals surface area contributed by atoms with Crippen molar-refractivity contribution in [1.29, 1.82) is 0 Å². The molecule has 0 radical (unpaired) electrons. The van der Waals surface area contributed by atoms with Crippen molar-refractivity contribution in [1.82, 2.24) is 0 Å². The Labute approximate surface area is 144 Å². The van der Waals surface area contributed by atoms with E-state index in [1.165, 1.54) is 0 Å². The minimum Gasteiger partial charge on any atom is -0.388 e. The van der Waals surface area contributed by atoms with Crippen LogP contribution in [0.15, 0.2) is 0 Å². The van der Waals surface area contributed by atoms with E-state index in [9.17, 15) is 18.7 Å². The number of carbonyl (C=O) groups is 2. The summed E-state index contributed by atoms with van der Waals surface area (Å²) in [6, 6.07) is 0. The molecule has 0 saturated carbocycles. The number of ketones is 2. The van der Waals surface area contributed by atoms with Crippen LogP contribution in [0.5, 0.6) is 0 Å². The summed E-state index contributed by atoms with van der Waals surface area (Å²) >= 11 is 0. The smallest absolute Gasteiger partial charge is 0.388 e. The van der Waals surface area contributed by atoms with Crippen LogP contribution in [0.4, 0.5) is 0 Å². The van der Waals surface area contributed by atoms with E-state index in [4.69, 9.17) is 59.2 Å². The molecule has 0 rings (SSSR count). The number of aliphatic hydroxyl groups excluding tert-OH is 4. The first kappa shape index (κ1) is 33.2. The van der Waals surface area contributed by atoms with E-state index >= 15 is 0 Å². The Kier molecular flexibility index (Phi) is 21.3. The lowest BCUT2D eigenvalue weighted by Gasteiger charge is -2.03. The van der Waals surface area contributed by atoms with Crippen LogP contribution in [0.3, 0.4) is 0 Å². The maximum absolute atomic E-state index is 9.68. The van der Waals surface area contributed by atoms with Gasteiger partial charge in [0.2, 0.25) is 0 Å². The maximum atomic E-state index is 9.68. The highest BCUT2D eigenvalue weighted by Gasteiger charge is 2.27. The molecule has 160 valence electrons. The summed E-state index contributed by atoms with van der Waals surface area (Å²) in [6.45, 7) is -2.24.